The topological polar surface area (TPSA) is 69.1 Å². The van der Waals surface area contributed by atoms with Gasteiger partial charge in [0.05, 0.1) is 18.4 Å². The number of hydrazine groups is 1. The van der Waals surface area contributed by atoms with Gasteiger partial charge in [-0.05, 0) is 5.56 Å². The van der Waals surface area contributed by atoms with Crippen molar-refractivity contribution in [3.05, 3.63) is 40.8 Å². The average Bonchev–Trinajstić information content (AvgIpc) is 2.82. The molecular weight excluding hydrogens is 206 g/mol. The van der Waals surface area contributed by atoms with Crippen LogP contribution in [0.2, 0.25) is 0 Å². The van der Waals surface area contributed by atoms with Gasteiger partial charge in [0.15, 0.2) is 0 Å². The fourth-order valence-corrected chi connectivity index (χ4v) is 1.44. The molecule has 0 spiro atoms. The summed E-state index contributed by atoms with van der Waals surface area (Å²) in [5, 5.41) is 7.12. The standard InChI is InChI=1S/C10H13N5O/c16-14-15(13-10-11-6-7-12-10)8-9-4-2-1-3-5-9/h1-5H,6-8H2,(H2,11,12,13). The Morgan fingerprint density at radius 1 is 1.44 bits per heavy atom. The van der Waals surface area contributed by atoms with Crippen molar-refractivity contribution >= 4 is 5.96 Å². The van der Waals surface area contributed by atoms with Gasteiger partial charge in [-0.3, -0.25) is 0 Å². The Hall–Kier alpha value is -2.11. The molecule has 16 heavy (non-hydrogen) atoms. The molecule has 1 aromatic rings. The van der Waals surface area contributed by atoms with Gasteiger partial charge in [-0.1, -0.05) is 30.3 Å². The molecule has 0 aliphatic carbocycles. The second-order valence-electron chi connectivity index (χ2n) is 3.39. The summed E-state index contributed by atoms with van der Waals surface area (Å²) in [5.74, 6) is 0.593. The fourth-order valence-electron chi connectivity index (χ4n) is 1.44. The van der Waals surface area contributed by atoms with Crippen molar-refractivity contribution < 1.29 is 0 Å². The van der Waals surface area contributed by atoms with Crippen molar-refractivity contribution in [1.29, 1.82) is 0 Å². The van der Waals surface area contributed by atoms with Gasteiger partial charge in [0.25, 0.3) is 0 Å². The summed E-state index contributed by atoms with van der Waals surface area (Å²) in [5.41, 5.74) is 3.81. The number of benzene rings is 1. The van der Waals surface area contributed by atoms with Gasteiger partial charge in [0, 0.05) is 6.54 Å². The normalized spacial score (nSPS) is 13.9. The van der Waals surface area contributed by atoms with Crippen LogP contribution in [0.1, 0.15) is 5.56 Å². The van der Waals surface area contributed by atoms with Crippen molar-refractivity contribution in [3.8, 4) is 0 Å². The van der Waals surface area contributed by atoms with Gasteiger partial charge in [-0.2, -0.15) is 5.12 Å². The maximum Gasteiger partial charge on any atom is 0.212 e. The number of hydrogen-bond acceptors (Lipinski definition) is 5. The first-order chi connectivity index (χ1) is 7.88. The van der Waals surface area contributed by atoms with E-state index in [9.17, 15) is 4.91 Å². The predicted molar refractivity (Wildman–Crippen MR) is 61.2 cm³/mol. The molecule has 0 radical (unpaired) electrons. The zero-order chi connectivity index (χ0) is 11.2. The molecule has 2 rings (SSSR count). The molecule has 0 bridgehead atoms. The zero-order valence-corrected chi connectivity index (χ0v) is 8.76. The molecule has 1 aromatic carbocycles. The van der Waals surface area contributed by atoms with E-state index in [4.69, 9.17) is 0 Å². The number of nitroso groups, excluding NO2 is 1. The van der Waals surface area contributed by atoms with Crippen molar-refractivity contribution in [2.75, 3.05) is 13.1 Å². The lowest BCUT2D eigenvalue weighted by Crippen LogP contribution is -2.43. The Balaban J connectivity index is 1.93. The number of nitrogens with zero attached hydrogens (tertiary/aromatic N) is 3. The molecule has 2 N–H and O–H groups in total. The molecule has 0 atom stereocenters. The molecule has 0 saturated heterocycles. The molecule has 1 aliphatic rings. The summed E-state index contributed by atoms with van der Waals surface area (Å²) < 4.78 is 0. The first kappa shape index (κ1) is 10.4. The Bertz CT molecular complexity index is 378. The Morgan fingerprint density at radius 3 is 2.88 bits per heavy atom. The third kappa shape index (κ3) is 2.69. The first-order valence-electron chi connectivity index (χ1n) is 5.08. The van der Waals surface area contributed by atoms with Crippen molar-refractivity contribution in [2.24, 2.45) is 10.3 Å². The molecular formula is C10H13N5O. The summed E-state index contributed by atoms with van der Waals surface area (Å²) in [6.45, 7) is 1.92. The summed E-state index contributed by atoms with van der Waals surface area (Å²) >= 11 is 0. The largest absolute Gasteiger partial charge is 0.353 e. The molecule has 0 fully saturated rings. The second-order valence-corrected chi connectivity index (χ2v) is 3.39. The van der Waals surface area contributed by atoms with Crippen molar-refractivity contribution in [1.82, 2.24) is 15.9 Å². The molecule has 6 nitrogen and oxygen atoms in total. The van der Waals surface area contributed by atoms with E-state index in [1.807, 2.05) is 30.3 Å². The number of nitrogens with one attached hydrogen (secondary N) is 2. The van der Waals surface area contributed by atoms with Crippen LogP contribution in [0.5, 0.6) is 0 Å². The Labute approximate surface area is 93.3 Å². The lowest BCUT2D eigenvalue weighted by molar-refractivity contribution is 0.231. The van der Waals surface area contributed by atoms with Crippen LogP contribution < -0.4 is 10.7 Å². The Morgan fingerprint density at radius 2 is 2.25 bits per heavy atom. The molecule has 0 saturated carbocycles. The number of guanidine groups is 1. The monoisotopic (exact) mass is 219 g/mol. The van der Waals surface area contributed by atoms with Crippen LogP contribution in [0.3, 0.4) is 0 Å². The third-order valence-electron chi connectivity index (χ3n) is 2.18. The van der Waals surface area contributed by atoms with Gasteiger partial charge < -0.3 is 5.32 Å². The van der Waals surface area contributed by atoms with Crippen LogP contribution in [0.15, 0.2) is 40.6 Å². The number of rotatable bonds is 4. The zero-order valence-electron chi connectivity index (χ0n) is 8.76. The quantitative estimate of drug-likeness (QED) is 0.575. The second kappa shape index (κ2) is 5.11. The molecule has 6 heteroatoms. The molecule has 0 amide bonds. The minimum atomic E-state index is 0.408. The number of hydrogen-bond donors (Lipinski definition) is 2. The highest BCUT2D eigenvalue weighted by atomic mass is 16.3. The summed E-state index contributed by atoms with van der Waals surface area (Å²) in [4.78, 5) is 14.7. The maximum absolute atomic E-state index is 10.6. The van der Waals surface area contributed by atoms with Crippen molar-refractivity contribution in [2.45, 2.75) is 6.54 Å². The van der Waals surface area contributed by atoms with E-state index in [2.05, 4.69) is 21.0 Å². The van der Waals surface area contributed by atoms with Crippen LogP contribution in [-0.2, 0) is 6.54 Å². The van der Waals surface area contributed by atoms with E-state index >= 15 is 0 Å². The van der Waals surface area contributed by atoms with Crippen LogP contribution in [0.25, 0.3) is 0 Å². The summed E-state index contributed by atoms with van der Waals surface area (Å²) in [7, 11) is 0. The highest BCUT2D eigenvalue weighted by Gasteiger charge is 2.09. The number of aliphatic imine (C=N–C) groups is 1. The minimum absolute atomic E-state index is 0.408. The lowest BCUT2D eigenvalue weighted by atomic mass is 10.2. The molecule has 1 heterocycles. The highest BCUT2D eigenvalue weighted by Crippen LogP contribution is 2.02. The van der Waals surface area contributed by atoms with Gasteiger partial charge in [0.2, 0.25) is 5.96 Å². The van der Waals surface area contributed by atoms with Crippen LogP contribution in [0, 0.1) is 4.91 Å². The third-order valence-corrected chi connectivity index (χ3v) is 2.18. The molecule has 1 aliphatic heterocycles. The van der Waals surface area contributed by atoms with Gasteiger partial charge in [-0.15, -0.1) is 4.91 Å². The lowest BCUT2D eigenvalue weighted by Gasteiger charge is -2.17. The van der Waals surface area contributed by atoms with Crippen LogP contribution >= 0.6 is 0 Å². The molecule has 84 valence electrons. The molecule has 0 unspecified atom stereocenters. The van der Waals surface area contributed by atoms with E-state index in [0.29, 0.717) is 12.5 Å². The first-order valence-corrected chi connectivity index (χ1v) is 5.08. The summed E-state index contributed by atoms with van der Waals surface area (Å²) in [6.07, 6.45) is 0. The van der Waals surface area contributed by atoms with E-state index in [1.165, 1.54) is 5.12 Å². The van der Waals surface area contributed by atoms with Crippen LogP contribution in [0.4, 0.5) is 0 Å². The predicted octanol–water partition coefficient (Wildman–Crippen LogP) is 0.634. The van der Waals surface area contributed by atoms with E-state index in [-0.39, 0.29) is 0 Å². The van der Waals surface area contributed by atoms with Gasteiger partial charge in [0.1, 0.15) is 0 Å². The smallest absolute Gasteiger partial charge is 0.212 e. The van der Waals surface area contributed by atoms with Crippen LogP contribution in [-0.4, -0.2) is 24.2 Å². The summed E-state index contributed by atoms with van der Waals surface area (Å²) in [6, 6.07) is 9.64. The van der Waals surface area contributed by atoms with E-state index in [1.54, 1.807) is 0 Å². The minimum Gasteiger partial charge on any atom is -0.353 e. The van der Waals surface area contributed by atoms with Crippen molar-refractivity contribution in [3.63, 3.8) is 0 Å². The van der Waals surface area contributed by atoms with E-state index < -0.39 is 0 Å². The maximum atomic E-state index is 10.6. The highest BCUT2D eigenvalue weighted by molar-refractivity contribution is 5.80. The fraction of sp³-hybridized carbons (Fsp3) is 0.300. The SMILES string of the molecule is O=NN(Cc1ccccc1)NC1=NCCN1. The average molecular weight is 219 g/mol. The van der Waals surface area contributed by atoms with E-state index in [0.717, 1.165) is 18.7 Å². The van der Waals surface area contributed by atoms with Gasteiger partial charge >= 0.3 is 0 Å². The molecule has 0 aromatic heterocycles. The Kier molecular flexibility index (Phi) is 3.32. The van der Waals surface area contributed by atoms with Gasteiger partial charge in [-0.25, -0.2) is 10.4 Å².